The minimum absolute atomic E-state index is 0.0606. The summed E-state index contributed by atoms with van der Waals surface area (Å²) < 4.78 is 0. The Balaban J connectivity index is 2.79. The summed E-state index contributed by atoms with van der Waals surface area (Å²) in [5.41, 5.74) is 0.872. The van der Waals surface area contributed by atoms with Crippen LogP contribution in [0.3, 0.4) is 0 Å². The highest BCUT2D eigenvalue weighted by Crippen LogP contribution is 2.20. The van der Waals surface area contributed by atoms with Gasteiger partial charge in [0.25, 0.3) is 0 Å². The largest absolute Gasteiger partial charge is 0.350 e. The molecule has 0 saturated heterocycles. The Labute approximate surface area is 112 Å². The van der Waals surface area contributed by atoms with Gasteiger partial charge < -0.3 is 5.32 Å². The van der Waals surface area contributed by atoms with Crippen LogP contribution in [0.25, 0.3) is 0 Å². The monoisotopic (exact) mass is 297 g/mol. The van der Waals surface area contributed by atoms with Gasteiger partial charge in [0.1, 0.15) is 0 Å². The zero-order valence-corrected chi connectivity index (χ0v) is 12.3. The van der Waals surface area contributed by atoms with E-state index >= 15 is 0 Å². The number of carbonyl (C=O) groups excluding carboxylic acids is 1. The summed E-state index contributed by atoms with van der Waals surface area (Å²) in [6.07, 6.45) is 0.814. The number of halogens is 1. The molecule has 1 aromatic rings. The summed E-state index contributed by atoms with van der Waals surface area (Å²) in [5, 5.41) is 3.82. The van der Waals surface area contributed by atoms with E-state index in [-0.39, 0.29) is 17.4 Å². The van der Waals surface area contributed by atoms with Crippen LogP contribution in [0.2, 0.25) is 0 Å². The summed E-state index contributed by atoms with van der Waals surface area (Å²) >= 11 is 3.41. The Morgan fingerprint density at radius 1 is 1.35 bits per heavy atom. The third-order valence-electron chi connectivity index (χ3n) is 2.72. The Bertz CT molecular complexity index is 362. The van der Waals surface area contributed by atoms with Gasteiger partial charge in [0.05, 0.1) is 5.92 Å². The lowest BCUT2D eigenvalue weighted by molar-refractivity contribution is -0.124. The molecule has 1 amide bonds. The van der Waals surface area contributed by atoms with E-state index in [1.165, 1.54) is 0 Å². The zero-order chi connectivity index (χ0) is 12.9. The zero-order valence-electron chi connectivity index (χ0n) is 10.7. The molecule has 1 N–H and O–H groups in total. The molecule has 0 aliphatic heterocycles. The van der Waals surface area contributed by atoms with Crippen LogP contribution in [0, 0.1) is 0 Å². The SMILES string of the molecule is CCC(C(=O)NC(C)(C)CBr)c1ccccc1. The van der Waals surface area contributed by atoms with Crippen molar-refractivity contribution in [2.24, 2.45) is 0 Å². The molecule has 0 spiro atoms. The van der Waals surface area contributed by atoms with Crippen LogP contribution in [0.1, 0.15) is 38.7 Å². The topological polar surface area (TPSA) is 29.1 Å². The summed E-state index contributed by atoms with van der Waals surface area (Å²) in [7, 11) is 0. The van der Waals surface area contributed by atoms with Gasteiger partial charge in [-0.05, 0) is 25.8 Å². The minimum Gasteiger partial charge on any atom is -0.350 e. The van der Waals surface area contributed by atoms with Gasteiger partial charge in [0.2, 0.25) is 5.91 Å². The maximum absolute atomic E-state index is 12.2. The maximum Gasteiger partial charge on any atom is 0.227 e. The Morgan fingerprint density at radius 3 is 2.41 bits per heavy atom. The van der Waals surface area contributed by atoms with Gasteiger partial charge >= 0.3 is 0 Å². The lowest BCUT2D eigenvalue weighted by atomic mass is 9.94. The first-order chi connectivity index (χ1) is 8.00. The van der Waals surface area contributed by atoms with Crippen molar-refractivity contribution >= 4 is 21.8 Å². The molecule has 0 radical (unpaired) electrons. The molecular formula is C14H20BrNO. The average Bonchev–Trinajstić information content (AvgIpc) is 2.31. The van der Waals surface area contributed by atoms with Gasteiger partial charge in [-0.1, -0.05) is 53.2 Å². The number of amides is 1. The molecule has 1 atom stereocenters. The summed E-state index contributed by atoms with van der Waals surface area (Å²) in [5.74, 6) is 0.0395. The van der Waals surface area contributed by atoms with Crippen LogP contribution in [-0.4, -0.2) is 16.8 Å². The third-order valence-corrected chi connectivity index (χ3v) is 4.12. The fourth-order valence-electron chi connectivity index (χ4n) is 1.71. The second kappa shape index (κ2) is 6.20. The molecule has 0 aliphatic carbocycles. The highest BCUT2D eigenvalue weighted by atomic mass is 79.9. The smallest absolute Gasteiger partial charge is 0.227 e. The number of hydrogen-bond acceptors (Lipinski definition) is 1. The molecule has 17 heavy (non-hydrogen) atoms. The Morgan fingerprint density at radius 2 is 1.94 bits per heavy atom. The fourth-order valence-corrected chi connectivity index (χ4v) is 1.85. The van der Waals surface area contributed by atoms with Gasteiger partial charge in [-0.15, -0.1) is 0 Å². The van der Waals surface area contributed by atoms with Gasteiger partial charge in [-0.2, -0.15) is 0 Å². The molecule has 0 aromatic heterocycles. The molecule has 94 valence electrons. The number of nitrogens with one attached hydrogen (secondary N) is 1. The second-order valence-corrected chi connectivity index (χ2v) is 5.44. The van der Waals surface area contributed by atoms with E-state index in [0.717, 1.165) is 17.3 Å². The molecule has 1 unspecified atom stereocenters. The number of rotatable bonds is 5. The van der Waals surface area contributed by atoms with E-state index in [1.807, 2.05) is 51.1 Å². The molecule has 0 bridgehead atoms. The van der Waals surface area contributed by atoms with E-state index < -0.39 is 0 Å². The lowest BCUT2D eigenvalue weighted by Gasteiger charge is -2.26. The molecule has 0 heterocycles. The minimum atomic E-state index is -0.209. The van der Waals surface area contributed by atoms with Crippen molar-refractivity contribution < 1.29 is 4.79 Å². The van der Waals surface area contributed by atoms with Gasteiger partial charge in [0.15, 0.2) is 0 Å². The van der Waals surface area contributed by atoms with Crippen molar-refractivity contribution in [3.8, 4) is 0 Å². The molecule has 1 rings (SSSR count). The summed E-state index contributed by atoms with van der Waals surface area (Å²) in [4.78, 5) is 12.2. The Hall–Kier alpha value is -0.830. The van der Waals surface area contributed by atoms with Crippen molar-refractivity contribution in [2.75, 3.05) is 5.33 Å². The van der Waals surface area contributed by atoms with E-state index in [4.69, 9.17) is 0 Å². The van der Waals surface area contributed by atoms with Crippen LogP contribution in [0.15, 0.2) is 30.3 Å². The predicted octanol–water partition coefficient (Wildman–Crippen LogP) is 3.47. The molecule has 0 aliphatic rings. The predicted molar refractivity (Wildman–Crippen MR) is 75.5 cm³/mol. The van der Waals surface area contributed by atoms with Crippen molar-refractivity contribution in [2.45, 2.75) is 38.6 Å². The van der Waals surface area contributed by atoms with Crippen LogP contribution >= 0.6 is 15.9 Å². The normalized spacial score (nSPS) is 13.2. The summed E-state index contributed by atoms with van der Waals surface area (Å²) in [6.45, 7) is 6.06. The molecule has 0 fully saturated rings. The average molecular weight is 298 g/mol. The number of benzene rings is 1. The molecule has 1 aromatic carbocycles. The van der Waals surface area contributed by atoms with E-state index in [1.54, 1.807) is 0 Å². The lowest BCUT2D eigenvalue weighted by Crippen LogP contribution is -2.46. The quantitative estimate of drug-likeness (QED) is 0.829. The fraction of sp³-hybridized carbons (Fsp3) is 0.500. The van der Waals surface area contributed by atoms with Crippen LogP contribution in [0.4, 0.5) is 0 Å². The first-order valence-electron chi connectivity index (χ1n) is 5.93. The first-order valence-corrected chi connectivity index (χ1v) is 7.05. The van der Waals surface area contributed by atoms with Gasteiger partial charge in [-0.3, -0.25) is 4.79 Å². The summed E-state index contributed by atoms with van der Waals surface area (Å²) in [6, 6.07) is 9.93. The van der Waals surface area contributed by atoms with E-state index in [9.17, 15) is 4.79 Å². The highest BCUT2D eigenvalue weighted by molar-refractivity contribution is 9.09. The third kappa shape index (κ3) is 4.15. The Kier molecular flexibility index (Phi) is 5.19. The van der Waals surface area contributed by atoms with Crippen molar-refractivity contribution in [1.29, 1.82) is 0 Å². The molecule has 0 saturated carbocycles. The maximum atomic E-state index is 12.2. The number of hydrogen-bond donors (Lipinski definition) is 1. The molecule has 3 heteroatoms. The van der Waals surface area contributed by atoms with E-state index in [2.05, 4.69) is 21.2 Å². The van der Waals surface area contributed by atoms with Crippen LogP contribution in [0.5, 0.6) is 0 Å². The van der Waals surface area contributed by atoms with Crippen LogP contribution in [-0.2, 0) is 4.79 Å². The van der Waals surface area contributed by atoms with Crippen LogP contribution < -0.4 is 5.32 Å². The van der Waals surface area contributed by atoms with Gasteiger partial charge in [0, 0.05) is 10.9 Å². The van der Waals surface area contributed by atoms with Gasteiger partial charge in [-0.25, -0.2) is 0 Å². The standard InChI is InChI=1S/C14H20BrNO/c1-4-12(11-8-6-5-7-9-11)13(17)16-14(2,3)10-15/h5-9,12H,4,10H2,1-3H3,(H,16,17). The number of carbonyl (C=O) groups is 1. The van der Waals surface area contributed by atoms with Crippen molar-refractivity contribution in [1.82, 2.24) is 5.32 Å². The first kappa shape index (κ1) is 14.2. The highest BCUT2D eigenvalue weighted by Gasteiger charge is 2.24. The van der Waals surface area contributed by atoms with Crippen molar-refractivity contribution in [3.63, 3.8) is 0 Å². The molecule has 2 nitrogen and oxygen atoms in total. The molecular weight excluding hydrogens is 278 g/mol. The number of alkyl halides is 1. The second-order valence-electron chi connectivity index (χ2n) is 4.88. The van der Waals surface area contributed by atoms with E-state index in [0.29, 0.717) is 0 Å². The van der Waals surface area contributed by atoms with Crippen molar-refractivity contribution in [3.05, 3.63) is 35.9 Å².